The number of furan rings is 1. The smallest absolute Gasteiger partial charge is 0.287 e. The predicted molar refractivity (Wildman–Crippen MR) is 66.3 cm³/mol. The maximum Gasteiger partial charge on any atom is 0.287 e. The van der Waals surface area contributed by atoms with Crippen LogP contribution in [0.15, 0.2) is 35.3 Å². The molecule has 2 heterocycles. The molecule has 0 fully saturated rings. The Kier molecular flexibility index (Phi) is 3.90. The summed E-state index contributed by atoms with van der Waals surface area (Å²) in [6, 6.07) is 1.76. The molecule has 0 aliphatic heterocycles. The Morgan fingerprint density at radius 3 is 2.94 bits per heavy atom. The number of aryl methyl sites for hydroxylation is 1. The van der Waals surface area contributed by atoms with Crippen molar-refractivity contribution in [3.63, 3.8) is 0 Å². The van der Waals surface area contributed by atoms with Crippen molar-refractivity contribution in [2.45, 2.75) is 6.92 Å². The number of carbonyl (C=O) groups is 1. The zero-order valence-electron chi connectivity index (χ0n) is 10.0. The first-order chi connectivity index (χ1) is 8.77. The number of hydrogen-bond acceptors (Lipinski definition) is 5. The molecule has 0 saturated heterocycles. The highest BCUT2D eigenvalue weighted by molar-refractivity contribution is 5.92. The van der Waals surface area contributed by atoms with E-state index in [0.717, 1.165) is 5.56 Å². The van der Waals surface area contributed by atoms with Crippen LogP contribution in [0.25, 0.3) is 0 Å². The summed E-state index contributed by atoms with van der Waals surface area (Å²) in [5, 5.41) is 5.79. The summed E-state index contributed by atoms with van der Waals surface area (Å²) < 4.78 is 5.09. The summed E-state index contributed by atoms with van der Waals surface area (Å²) in [5.74, 6) is 0.828. The van der Waals surface area contributed by atoms with Crippen molar-refractivity contribution >= 4 is 11.7 Å². The van der Waals surface area contributed by atoms with Gasteiger partial charge < -0.3 is 15.1 Å². The lowest BCUT2D eigenvalue weighted by atomic mass is 10.3. The average molecular weight is 246 g/mol. The van der Waals surface area contributed by atoms with Gasteiger partial charge in [0, 0.05) is 31.0 Å². The van der Waals surface area contributed by atoms with E-state index in [4.69, 9.17) is 4.42 Å². The lowest BCUT2D eigenvalue weighted by Gasteiger charge is -2.06. The van der Waals surface area contributed by atoms with E-state index in [0.29, 0.717) is 24.7 Å². The minimum atomic E-state index is -0.210. The number of carbonyl (C=O) groups excluding carboxylic acids is 1. The maximum absolute atomic E-state index is 11.7. The minimum absolute atomic E-state index is 0.210. The lowest BCUT2D eigenvalue weighted by molar-refractivity contribution is 0.0926. The van der Waals surface area contributed by atoms with Crippen LogP contribution in [0.4, 0.5) is 5.82 Å². The number of hydrogen-bond donors (Lipinski definition) is 2. The average Bonchev–Trinajstić information content (AvgIpc) is 2.82. The van der Waals surface area contributed by atoms with Gasteiger partial charge in [-0.25, -0.2) is 4.98 Å². The van der Waals surface area contributed by atoms with Crippen molar-refractivity contribution < 1.29 is 9.21 Å². The number of rotatable bonds is 5. The lowest BCUT2D eigenvalue weighted by Crippen LogP contribution is -2.29. The summed E-state index contributed by atoms with van der Waals surface area (Å²) >= 11 is 0. The molecule has 2 rings (SSSR count). The van der Waals surface area contributed by atoms with Crippen LogP contribution in [-0.4, -0.2) is 29.0 Å². The zero-order chi connectivity index (χ0) is 12.8. The van der Waals surface area contributed by atoms with Gasteiger partial charge in [0.2, 0.25) is 0 Å². The van der Waals surface area contributed by atoms with E-state index in [1.54, 1.807) is 24.7 Å². The summed E-state index contributed by atoms with van der Waals surface area (Å²) in [7, 11) is 0. The van der Waals surface area contributed by atoms with E-state index in [2.05, 4.69) is 20.6 Å². The van der Waals surface area contributed by atoms with Gasteiger partial charge in [-0.2, -0.15) is 0 Å². The molecule has 0 radical (unpaired) electrons. The molecule has 6 nitrogen and oxygen atoms in total. The van der Waals surface area contributed by atoms with Crippen molar-refractivity contribution in [1.29, 1.82) is 0 Å². The SMILES string of the molecule is Cc1ccoc1C(=O)NCCNc1cnccn1. The van der Waals surface area contributed by atoms with E-state index in [1.165, 1.54) is 6.26 Å². The molecule has 94 valence electrons. The Labute approximate surface area is 104 Å². The summed E-state index contributed by atoms with van der Waals surface area (Å²) in [5.41, 5.74) is 0.828. The molecule has 0 unspecified atom stereocenters. The molecule has 18 heavy (non-hydrogen) atoms. The van der Waals surface area contributed by atoms with Crippen LogP contribution in [0.5, 0.6) is 0 Å². The molecule has 6 heteroatoms. The first kappa shape index (κ1) is 12.1. The Morgan fingerprint density at radius 1 is 1.39 bits per heavy atom. The van der Waals surface area contributed by atoms with Gasteiger partial charge in [-0.15, -0.1) is 0 Å². The molecule has 0 aromatic carbocycles. The Hall–Kier alpha value is -2.37. The molecule has 0 bridgehead atoms. The number of amides is 1. The fraction of sp³-hybridized carbons (Fsp3) is 0.250. The van der Waals surface area contributed by atoms with Crippen LogP contribution in [0.3, 0.4) is 0 Å². The maximum atomic E-state index is 11.7. The largest absolute Gasteiger partial charge is 0.459 e. The second kappa shape index (κ2) is 5.81. The van der Waals surface area contributed by atoms with Gasteiger partial charge in [-0.1, -0.05) is 0 Å². The Morgan fingerprint density at radius 2 is 2.28 bits per heavy atom. The molecule has 0 spiro atoms. The molecule has 1 amide bonds. The summed E-state index contributed by atoms with van der Waals surface area (Å²) in [6.07, 6.45) is 6.33. The second-order valence-electron chi connectivity index (χ2n) is 3.71. The third kappa shape index (κ3) is 3.07. The van der Waals surface area contributed by atoms with E-state index >= 15 is 0 Å². The molecule has 2 N–H and O–H groups in total. The third-order valence-corrected chi connectivity index (χ3v) is 2.35. The Bertz CT molecular complexity index is 510. The van der Waals surface area contributed by atoms with Crippen molar-refractivity contribution in [1.82, 2.24) is 15.3 Å². The zero-order valence-corrected chi connectivity index (χ0v) is 10.0. The molecule has 2 aromatic rings. The topological polar surface area (TPSA) is 80.0 Å². The number of anilines is 1. The standard InChI is InChI=1S/C12H14N4O2/c1-9-2-7-18-11(9)12(17)16-6-5-15-10-8-13-3-4-14-10/h2-4,7-8H,5-6H2,1H3,(H,14,15)(H,16,17). The van der Waals surface area contributed by atoms with Crippen LogP contribution < -0.4 is 10.6 Å². The van der Waals surface area contributed by atoms with Gasteiger partial charge in [-0.3, -0.25) is 9.78 Å². The van der Waals surface area contributed by atoms with Gasteiger partial charge in [0.05, 0.1) is 12.5 Å². The molecule has 0 saturated carbocycles. The highest BCUT2D eigenvalue weighted by Crippen LogP contribution is 2.07. The van der Waals surface area contributed by atoms with Gasteiger partial charge in [0.15, 0.2) is 5.76 Å². The highest BCUT2D eigenvalue weighted by atomic mass is 16.3. The van der Waals surface area contributed by atoms with Gasteiger partial charge in [-0.05, 0) is 13.0 Å². The van der Waals surface area contributed by atoms with Crippen molar-refractivity contribution in [3.05, 3.63) is 42.2 Å². The third-order valence-electron chi connectivity index (χ3n) is 2.35. The fourth-order valence-corrected chi connectivity index (χ4v) is 1.44. The number of nitrogens with zero attached hydrogens (tertiary/aromatic N) is 2. The fourth-order valence-electron chi connectivity index (χ4n) is 1.44. The summed E-state index contributed by atoms with van der Waals surface area (Å²) in [6.45, 7) is 2.88. The highest BCUT2D eigenvalue weighted by Gasteiger charge is 2.11. The quantitative estimate of drug-likeness (QED) is 0.775. The van der Waals surface area contributed by atoms with E-state index in [1.807, 2.05) is 6.92 Å². The van der Waals surface area contributed by atoms with Crippen molar-refractivity contribution in [2.24, 2.45) is 0 Å². The number of nitrogens with one attached hydrogen (secondary N) is 2. The van der Waals surface area contributed by atoms with E-state index < -0.39 is 0 Å². The Balaban J connectivity index is 1.73. The van der Waals surface area contributed by atoms with Crippen LogP contribution in [0.1, 0.15) is 16.1 Å². The van der Waals surface area contributed by atoms with Gasteiger partial charge in [0.1, 0.15) is 5.82 Å². The molecule has 0 atom stereocenters. The van der Waals surface area contributed by atoms with Gasteiger partial charge >= 0.3 is 0 Å². The van der Waals surface area contributed by atoms with Crippen LogP contribution in [0, 0.1) is 6.92 Å². The predicted octanol–water partition coefficient (Wildman–Crippen LogP) is 1.22. The molecular formula is C12H14N4O2. The van der Waals surface area contributed by atoms with Crippen LogP contribution in [0.2, 0.25) is 0 Å². The van der Waals surface area contributed by atoms with Crippen molar-refractivity contribution in [3.8, 4) is 0 Å². The molecule has 0 aliphatic carbocycles. The van der Waals surface area contributed by atoms with Gasteiger partial charge in [0.25, 0.3) is 5.91 Å². The normalized spacial score (nSPS) is 10.1. The van der Waals surface area contributed by atoms with E-state index in [9.17, 15) is 4.79 Å². The number of aromatic nitrogens is 2. The van der Waals surface area contributed by atoms with E-state index in [-0.39, 0.29) is 5.91 Å². The monoisotopic (exact) mass is 246 g/mol. The molecule has 2 aromatic heterocycles. The van der Waals surface area contributed by atoms with Crippen LogP contribution in [-0.2, 0) is 0 Å². The van der Waals surface area contributed by atoms with Crippen LogP contribution >= 0.6 is 0 Å². The minimum Gasteiger partial charge on any atom is -0.459 e. The second-order valence-corrected chi connectivity index (χ2v) is 3.71. The molecule has 0 aliphatic rings. The molecular weight excluding hydrogens is 232 g/mol. The van der Waals surface area contributed by atoms with Crippen molar-refractivity contribution in [2.75, 3.05) is 18.4 Å². The first-order valence-electron chi connectivity index (χ1n) is 5.59. The first-order valence-corrected chi connectivity index (χ1v) is 5.59. The summed E-state index contributed by atoms with van der Waals surface area (Å²) in [4.78, 5) is 19.7.